The summed E-state index contributed by atoms with van der Waals surface area (Å²) in [6.45, 7) is 11.3. The summed E-state index contributed by atoms with van der Waals surface area (Å²) >= 11 is 0. The van der Waals surface area contributed by atoms with Crippen molar-refractivity contribution in [3.8, 4) is 0 Å². The van der Waals surface area contributed by atoms with Crippen LogP contribution in [0, 0.1) is 5.41 Å². The van der Waals surface area contributed by atoms with Crippen LogP contribution in [0.1, 0.15) is 39.8 Å². The van der Waals surface area contributed by atoms with E-state index in [1.54, 1.807) is 13.2 Å². The first-order valence-electron chi connectivity index (χ1n) is 10.1. The lowest BCUT2D eigenvalue weighted by Gasteiger charge is -2.59. The molecule has 1 N–H and O–H groups in total. The van der Waals surface area contributed by atoms with Crippen molar-refractivity contribution in [2.24, 2.45) is 10.4 Å². The fourth-order valence-corrected chi connectivity index (χ4v) is 5.46. The maximum Gasteiger partial charge on any atom is 0.220 e. The summed E-state index contributed by atoms with van der Waals surface area (Å²) in [7, 11) is -1.65. The predicted octanol–water partition coefficient (Wildman–Crippen LogP) is 1.29. The van der Waals surface area contributed by atoms with Crippen LogP contribution in [-0.4, -0.2) is 80.2 Å². The van der Waals surface area contributed by atoms with Gasteiger partial charge >= 0.3 is 0 Å². The van der Waals surface area contributed by atoms with Gasteiger partial charge in [-0.2, -0.15) is 4.31 Å². The molecule has 1 saturated heterocycles. The number of hydrogen-bond acceptors (Lipinski definition) is 6. The van der Waals surface area contributed by atoms with E-state index < -0.39 is 10.0 Å². The Hall–Kier alpha value is -1.65. The van der Waals surface area contributed by atoms with Crippen molar-refractivity contribution in [3.63, 3.8) is 0 Å². The van der Waals surface area contributed by atoms with Crippen molar-refractivity contribution in [2.45, 2.75) is 51.5 Å². The fourth-order valence-electron chi connectivity index (χ4n) is 4.03. The average molecular weight is 428 g/mol. The van der Waals surface area contributed by atoms with Crippen molar-refractivity contribution in [3.05, 3.63) is 18.0 Å². The van der Waals surface area contributed by atoms with Crippen LogP contribution in [-0.2, 0) is 20.5 Å². The second-order valence-electron chi connectivity index (χ2n) is 8.49. The number of guanidine groups is 1. The van der Waals surface area contributed by atoms with E-state index in [4.69, 9.17) is 9.26 Å². The SMILES string of the molecule is CCN=C(NC1CC(C)(OC)C1(C)C)N1CCN(S(=O)(=O)Cc2ccon2)CC1. The molecule has 1 saturated carbocycles. The Morgan fingerprint density at radius 3 is 2.55 bits per heavy atom. The van der Waals surface area contributed by atoms with E-state index in [1.807, 2.05) is 6.92 Å². The molecule has 2 unspecified atom stereocenters. The number of rotatable bonds is 6. The van der Waals surface area contributed by atoms with Crippen LogP contribution < -0.4 is 5.32 Å². The third-order valence-electron chi connectivity index (χ3n) is 6.64. The third kappa shape index (κ3) is 4.29. The van der Waals surface area contributed by atoms with Crippen molar-refractivity contribution in [1.29, 1.82) is 0 Å². The van der Waals surface area contributed by atoms with Gasteiger partial charge in [0.25, 0.3) is 0 Å². The summed E-state index contributed by atoms with van der Waals surface area (Å²) in [4.78, 5) is 6.80. The Labute approximate surface area is 173 Å². The molecule has 1 aliphatic heterocycles. The zero-order valence-corrected chi connectivity index (χ0v) is 18.8. The van der Waals surface area contributed by atoms with E-state index in [9.17, 15) is 8.42 Å². The smallest absolute Gasteiger partial charge is 0.220 e. The van der Waals surface area contributed by atoms with Crippen LogP contribution in [0.3, 0.4) is 0 Å². The minimum atomic E-state index is -3.41. The molecule has 2 heterocycles. The van der Waals surface area contributed by atoms with E-state index in [-0.39, 0.29) is 22.8 Å². The molecule has 0 bridgehead atoms. The van der Waals surface area contributed by atoms with Gasteiger partial charge in [0.1, 0.15) is 12.0 Å². The number of nitrogens with zero attached hydrogens (tertiary/aromatic N) is 4. The highest BCUT2D eigenvalue weighted by molar-refractivity contribution is 7.88. The molecule has 0 spiro atoms. The molecule has 29 heavy (non-hydrogen) atoms. The first-order chi connectivity index (χ1) is 13.6. The van der Waals surface area contributed by atoms with Crippen molar-refractivity contribution < 1.29 is 17.7 Å². The van der Waals surface area contributed by atoms with Crippen LogP contribution in [0.25, 0.3) is 0 Å². The highest BCUT2D eigenvalue weighted by Crippen LogP contribution is 2.51. The maximum atomic E-state index is 12.6. The topological polar surface area (TPSA) is 100 Å². The van der Waals surface area contributed by atoms with Gasteiger partial charge in [-0.05, 0) is 20.3 Å². The number of nitrogens with one attached hydrogen (secondary N) is 1. The van der Waals surface area contributed by atoms with E-state index in [0.29, 0.717) is 38.4 Å². The molecule has 164 valence electrons. The Morgan fingerprint density at radius 1 is 1.34 bits per heavy atom. The molecule has 1 aromatic heterocycles. The first-order valence-corrected chi connectivity index (χ1v) is 11.7. The van der Waals surface area contributed by atoms with E-state index in [0.717, 1.165) is 12.4 Å². The minimum Gasteiger partial charge on any atom is -0.378 e. The van der Waals surface area contributed by atoms with Crippen LogP contribution in [0.5, 0.6) is 0 Å². The molecular weight excluding hydrogens is 394 g/mol. The molecule has 1 aliphatic carbocycles. The molecule has 1 aromatic rings. The molecule has 10 heteroatoms. The standard InChI is InChI=1S/C19H33N5O4S/c1-6-20-17(21-16-13-19(4,27-5)18(16,2)3)23-8-10-24(11-9-23)29(25,26)14-15-7-12-28-22-15/h7,12,16H,6,8-11,13-14H2,1-5H3,(H,20,21). The number of hydrogen-bond donors (Lipinski definition) is 1. The van der Waals surface area contributed by atoms with Gasteiger partial charge in [-0.25, -0.2) is 8.42 Å². The Bertz CT molecular complexity index is 816. The quantitative estimate of drug-likeness (QED) is 0.539. The van der Waals surface area contributed by atoms with Gasteiger partial charge in [0.2, 0.25) is 10.0 Å². The second kappa shape index (κ2) is 8.23. The summed E-state index contributed by atoms with van der Waals surface area (Å²) in [5, 5.41) is 7.31. The Kier molecular flexibility index (Phi) is 6.26. The molecule has 0 aromatic carbocycles. The lowest BCUT2D eigenvalue weighted by molar-refractivity contribution is -0.177. The number of piperazine rings is 1. The summed E-state index contributed by atoms with van der Waals surface area (Å²) < 4.78 is 37.3. The number of sulfonamides is 1. The largest absolute Gasteiger partial charge is 0.378 e. The number of ether oxygens (including phenoxy) is 1. The van der Waals surface area contributed by atoms with Gasteiger partial charge in [0.15, 0.2) is 5.96 Å². The van der Waals surface area contributed by atoms with Crippen molar-refractivity contribution >= 4 is 16.0 Å². The third-order valence-corrected chi connectivity index (χ3v) is 8.46. The average Bonchev–Trinajstić information content (AvgIpc) is 3.19. The zero-order valence-electron chi connectivity index (χ0n) is 18.0. The number of aromatic nitrogens is 1. The van der Waals surface area contributed by atoms with Crippen LogP contribution in [0.15, 0.2) is 21.8 Å². The predicted molar refractivity (Wildman–Crippen MR) is 111 cm³/mol. The molecule has 9 nitrogen and oxygen atoms in total. The normalized spacial score (nSPS) is 28.2. The second-order valence-corrected chi connectivity index (χ2v) is 10.5. The molecule has 0 radical (unpaired) electrons. The van der Waals surface area contributed by atoms with E-state index >= 15 is 0 Å². The van der Waals surface area contributed by atoms with Gasteiger partial charge in [0.05, 0.1) is 11.3 Å². The van der Waals surface area contributed by atoms with Crippen molar-refractivity contribution in [2.75, 3.05) is 39.8 Å². The van der Waals surface area contributed by atoms with Gasteiger partial charge in [-0.3, -0.25) is 4.99 Å². The Balaban J connectivity index is 1.60. The van der Waals surface area contributed by atoms with Gasteiger partial charge in [0, 0.05) is 57.4 Å². The van der Waals surface area contributed by atoms with E-state index in [2.05, 4.69) is 41.1 Å². The monoisotopic (exact) mass is 427 g/mol. The van der Waals surface area contributed by atoms with E-state index in [1.165, 1.54) is 10.6 Å². The fraction of sp³-hybridized carbons (Fsp3) is 0.789. The summed E-state index contributed by atoms with van der Waals surface area (Å²) in [6.07, 6.45) is 2.30. The summed E-state index contributed by atoms with van der Waals surface area (Å²) in [6, 6.07) is 1.84. The number of aliphatic imine (C=N–C) groups is 1. The summed E-state index contributed by atoms with van der Waals surface area (Å²) in [5.74, 6) is 0.709. The first kappa shape index (κ1) is 22.0. The highest BCUT2D eigenvalue weighted by atomic mass is 32.2. The molecule has 0 amide bonds. The van der Waals surface area contributed by atoms with Crippen LogP contribution in [0.2, 0.25) is 0 Å². The molecule has 2 fully saturated rings. The van der Waals surface area contributed by atoms with Crippen LogP contribution in [0.4, 0.5) is 0 Å². The zero-order chi connectivity index (χ0) is 21.3. The summed E-state index contributed by atoms with van der Waals surface area (Å²) in [5.41, 5.74) is 0.241. The van der Waals surface area contributed by atoms with Crippen molar-refractivity contribution in [1.82, 2.24) is 19.7 Å². The lowest BCUT2D eigenvalue weighted by Crippen LogP contribution is -2.70. The molecular formula is C19H33N5O4S. The Morgan fingerprint density at radius 2 is 2.03 bits per heavy atom. The maximum absolute atomic E-state index is 12.6. The number of methoxy groups -OCH3 is 1. The van der Waals surface area contributed by atoms with Gasteiger partial charge < -0.3 is 19.5 Å². The molecule has 2 atom stereocenters. The highest BCUT2D eigenvalue weighted by Gasteiger charge is 2.58. The minimum absolute atomic E-state index is 0.0288. The van der Waals surface area contributed by atoms with Gasteiger partial charge in [-0.1, -0.05) is 19.0 Å². The lowest BCUT2D eigenvalue weighted by atomic mass is 9.56. The molecule has 2 aliphatic rings. The molecule has 3 rings (SSSR count). The van der Waals surface area contributed by atoms with Crippen LogP contribution >= 0.6 is 0 Å². The van der Waals surface area contributed by atoms with Gasteiger partial charge in [-0.15, -0.1) is 0 Å².